The number of para-hydroxylation sites is 2. The second-order valence-electron chi connectivity index (χ2n) is 14.1. The molecule has 0 saturated carbocycles. The molecule has 2 nitrogen and oxygen atoms in total. The summed E-state index contributed by atoms with van der Waals surface area (Å²) in [7, 11) is 0. The van der Waals surface area contributed by atoms with Gasteiger partial charge in [-0.05, 0) is 115 Å². The summed E-state index contributed by atoms with van der Waals surface area (Å²) in [5.41, 5.74) is 9.75. The quantitative estimate of drug-likeness (QED) is 0.159. The van der Waals surface area contributed by atoms with Crippen LogP contribution in [0.15, 0.2) is 217 Å². The first-order valence-corrected chi connectivity index (χ1v) is 18.8. The Kier molecular flexibility index (Phi) is 6.60. The van der Waals surface area contributed by atoms with Gasteiger partial charge < -0.3 is 9.32 Å². The molecule has 262 valence electrons. The molecule has 11 aromatic rings. The molecule has 2 heteroatoms. The van der Waals surface area contributed by atoms with Gasteiger partial charge >= 0.3 is 0 Å². The van der Waals surface area contributed by atoms with Crippen molar-refractivity contribution < 1.29 is 9.90 Å². The molecule has 56 heavy (non-hydrogen) atoms. The highest BCUT2D eigenvalue weighted by Gasteiger charge is 2.18. The summed E-state index contributed by atoms with van der Waals surface area (Å²) in [6, 6.07) is 64.8. The molecule has 0 amide bonds. The summed E-state index contributed by atoms with van der Waals surface area (Å²) in [6.45, 7) is 0. The number of rotatable bonds is 6. The summed E-state index contributed by atoms with van der Waals surface area (Å²) in [4.78, 5) is 2.29. The van der Waals surface area contributed by atoms with Crippen molar-refractivity contribution in [2.75, 3.05) is 4.90 Å². The Balaban J connectivity index is 1.06. The van der Waals surface area contributed by atoms with E-state index in [1.807, 2.05) is 30.3 Å². The van der Waals surface area contributed by atoms with Gasteiger partial charge in [0.25, 0.3) is 0 Å². The van der Waals surface area contributed by atoms with Crippen molar-refractivity contribution in [3.8, 4) is 33.4 Å². The number of anilines is 3. The van der Waals surface area contributed by atoms with Gasteiger partial charge in [0.05, 0.1) is 11.2 Å². The van der Waals surface area contributed by atoms with Gasteiger partial charge in [0.15, 0.2) is 0 Å². The minimum Gasteiger partial charge on any atom is -0.456 e. The van der Waals surface area contributed by atoms with E-state index in [2.05, 4.69) is 144 Å². The zero-order valence-corrected chi connectivity index (χ0v) is 30.3. The van der Waals surface area contributed by atoms with Crippen molar-refractivity contribution in [1.82, 2.24) is 0 Å². The van der Waals surface area contributed by atoms with Gasteiger partial charge in [-0.15, -0.1) is 0 Å². The number of hydrogen-bond donors (Lipinski definition) is 0. The highest BCUT2D eigenvalue weighted by atomic mass is 16.3. The van der Waals surface area contributed by atoms with Crippen molar-refractivity contribution in [2.24, 2.45) is 0 Å². The van der Waals surface area contributed by atoms with E-state index in [4.69, 9.17) is 8.53 Å². The van der Waals surface area contributed by atoms with Gasteiger partial charge in [-0.3, -0.25) is 0 Å². The van der Waals surface area contributed by atoms with Crippen molar-refractivity contribution in [3.05, 3.63) is 212 Å². The van der Waals surface area contributed by atoms with Gasteiger partial charge in [0.1, 0.15) is 11.2 Å². The predicted molar refractivity (Wildman–Crippen MR) is 237 cm³/mol. The molecule has 0 radical (unpaired) electrons. The Labute approximate surface area is 330 Å². The average Bonchev–Trinajstić information content (AvgIpc) is 3.70. The second-order valence-corrected chi connectivity index (χ2v) is 14.1. The molecule has 0 aliphatic carbocycles. The van der Waals surface area contributed by atoms with E-state index < -0.39 is 0 Å². The maximum atomic E-state index is 9.57. The standard InChI is InChI=1S/C54H35NO/c1-2-12-37(13-3-1)45-16-8-10-20-51(45)55(43-31-26-38(27-32-43)49-35-41-14-4-5-15-44(41)46-17-6-7-18-47(46)49)42-29-24-36(25-30-42)40-23-22-39-28-33-53-54(50(39)34-40)48-19-9-11-21-52(48)56-53/h1-35H/i19D,28D,33D,34D. The molecule has 0 N–H and O–H groups in total. The number of hydrogen-bond acceptors (Lipinski definition) is 2. The minimum absolute atomic E-state index is 0.00558. The average molecular weight is 718 g/mol. The van der Waals surface area contributed by atoms with Crippen LogP contribution in [0.3, 0.4) is 0 Å². The molecule has 1 aromatic heterocycles. The maximum Gasteiger partial charge on any atom is 0.136 e. The Hall–Kier alpha value is -7.42. The first kappa shape index (κ1) is 28.1. The molecule has 0 bridgehead atoms. The third-order valence-electron chi connectivity index (χ3n) is 10.9. The monoisotopic (exact) mass is 717 g/mol. The zero-order chi connectivity index (χ0) is 40.5. The van der Waals surface area contributed by atoms with Crippen molar-refractivity contribution in [1.29, 1.82) is 0 Å². The molecule has 0 spiro atoms. The molecular weight excluding hydrogens is 679 g/mol. The van der Waals surface area contributed by atoms with Crippen LogP contribution in [-0.4, -0.2) is 0 Å². The Morgan fingerprint density at radius 2 is 1.02 bits per heavy atom. The highest BCUT2D eigenvalue weighted by Crippen LogP contribution is 2.43. The number of fused-ring (bicyclic) bond motifs is 8. The van der Waals surface area contributed by atoms with Crippen molar-refractivity contribution in [3.63, 3.8) is 0 Å². The fraction of sp³-hybridized carbons (Fsp3) is 0. The van der Waals surface area contributed by atoms with Gasteiger partial charge in [-0.2, -0.15) is 0 Å². The van der Waals surface area contributed by atoms with Gasteiger partial charge in [-0.1, -0.05) is 158 Å². The van der Waals surface area contributed by atoms with Crippen LogP contribution in [0.1, 0.15) is 5.48 Å². The van der Waals surface area contributed by atoms with Crippen LogP contribution < -0.4 is 4.90 Å². The second kappa shape index (κ2) is 13.2. The lowest BCUT2D eigenvalue weighted by Gasteiger charge is -2.28. The molecule has 0 atom stereocenters. The van der Waals surface area contributed by atoms with E-state index >= 15 is 0 Å². The smallest absolute Gasteiger partial charge is 0.136 e. The van der Waals surface area contributed by atoms with E-state index in [1.54, 1.807) is 18.2 Å². The fourth-order valence-electron chi connectivity index (χ4n) is 8.22. The third kappa shape index (κ3) is 5.34. The van der Waals surface area contributed by atoms with E-state index in [0.29, 0.717) is 32.7 Å². The topological polar surface area (TPSA) is 16.4 Å². The summed E-state index contributed by atoms with van der Waals surface area (Å²) in [5, 5.41) is 7.01. The van der Waals surface area contributed by atoms with Crippen LogP contribution in [0.2, 0.25) is 0 Å². The largest absolute Gasteiger partial charge is 0.456 e. The van der Waals surface area contributed by atoms with Crippen molar-refractivity contribution in [2.45, 2.75) is 0 Å². The summed E-state index contributed by atoms with van der Waals surface area (Å²) >= 11 is 0. The summed E-state index contributed by atoms with van der Waals surface area (Å²) < 4.78 is 41.9. The predicted octanol–water partition coefficient (Wildman–Crippen LogP) is 15.5. The Morgan fingerprint density at radius 1 is 0.375 bits per heavy atom. The summed E-state index contributed by atoms with van der Waals surface area (Å²) in [5.74, 6) is 0. The molecule has 0 unspecified atom stereocenters. The van der Waals surface area contributed by atoms with Crippen LogP contribution in [-0.2, 0) is 0 Å². The van der Waals surface area contributed by atoms with Gasteiger partial charge in [0, 0.05) is 27.7 Å². The van der Waals surface area contributed by atoms with Crippen LogP contribution in [0.5, 0.6) is 0 Å². The van der Waals surface area contributed by atoms with Gasteiger partial charge in [0.2, 0.25) is 0 Å². The van der Waals surface area contributed by atoms with Crippen LogP contribution >= 0.6 is 0 Å². The number of furan rings is 1. The summed E-state index contributed by atoms with van der Waals surface area (Å²) in [6.07, 6.45) is 0. The molecule has 0 aliphatic heterocycles. The third-order valence-corrected chi connectivity index (χ3v) is 10.9. The molecule has 0 fully saturated rings. The van der Waals surface area contributed by atoms with E-state index in [9.17, 15) is 1.37 Å². The Morgan fingerprint density at radius 3 is 1.84 bits per heavy atom. The van der Waals surface area contributed by atoms with E-state index in [1.165, 1.54) is 27.1 Å². The molecule has 0 saturated heterocycles. The van der Waals surface area contributed by atoms with Crippen LogP contribution in [0.25, 0.3) is 87.6 Å². The lowest BCUT2D eigenvalue weighted by molar-refractivity contribution is 0.669. The zero-order valence-electron chi connectivity index (χ0n) is 34.3. The SMILES string of the molecule is [2H]c1c([2H])c2oc3cccc([2H])c3c2c2c([2H])c(-c3ccc(N(c4ccc(-c5cc6ccccc6c6ccccc56)cc4)c4ccccc4-c4ccccc4)cc3)ccc12. The lowest BCUT2D eigenvalue weighted by Crippen LogP contribution is -2.11. The van der Waals surface area contributed by atoms with Crippen molar-refractivity contribution >= 4 is 71.3 Å². The molecule has 0 aliphatic rings. The molecular formula is C54H35NO. The van der Waals surface area contributed by atoms with Gasteiger partial charge in [-0.25, -0.2) is 0 Å². The minimum atomic E-state index is -0.0425. The fourth-order valence-corrected chi connectivity index (χ4v) is 8.22. The first-order chi connectivity index (χ1) is 29.4. The highest BCUT2D eigenvalue weighted by molar-refractivity contribution is 6.19. The van der Waals surface area contributed by atoms with E-state index in [-0.39, 0.29) is 29.8 Å². The van der Waals surface area contributed by atoms with Crippen LogP contribution in [0.4, 0.5) is 17.1 Å². The van der Waals surface area contributed by atoms with Crippen LogP contribution in [0, 0.1) is 0 Å². The molecule has 11 rings (SSSR count). The Bertz CT molecular complexity index is 3470. The molecule has 10 aromatic carbocycles. The normalized spacial score (nSPS) is 12.6. The maximum absolute atomic E-state index is 9.57. The molecule has 1 heterocycles. The first-order valence-electron chi connectivity index (χ1n) is 20.8. The number of benzene rings is 10. The number of nitrogens with zero attached hydrogens (tertiary/aromatic N) is 1. The van der Waals surface area contributed by atoms with E-state index in [0.717, 1.165) is 39.3 Å². The lowest BCUT2D eigenvalue weighted by atomic mass is 9.93.